The smallest absolute Gasteiger partial charge is 0.254 e. The van der Waals surface area contributed by atoms with E-state index >= 15 is 0 Å². The van der Waals surface area contributed by atoms with E-state index in [1.54, 1.807) is 25.1 Å². The molecule has 142 valence electrons. The third-order valence-electron chi connectivity index (χ3n) is 4.28. The van der Waals surface area contributed by atoms with Gasteiger partial charge in [-0.25, -0.2) is 9.07 Å². The van der Waals surface area contributed by atoms with E-state index in [2.05, 4.69) is 16.3 Å². The first-order chi connectivity index (χ1) is 13.6. The highest BCUT2D eigenvalue weighted by Crippen LogP contribution is 2.17. The van der Waals surface area contributed by atoms with Crippen LogP contribution < -0.4 is 10.1 Å². The Labute approximate surface area is 163 Å². The average molecular weight is 377 g/mol. The first kappa shape index (κ1) is 19.2. The lowest BCUT2D eigenvalue weighted by Crippen LogP contribution is -2.26. The zero-order valence-electron chi connectivity index (χ0n) is 15.5. The molecular weight excluding hydrogens is 357 g/mol. The molecule has 3 rings (SSSR count). The molecule has 0 atom stereocenters. The number of ether oxygens (including phenoxy) is 1. The summed E-state index contributed by atoms with van der Waals surface area (Å²) in [6, 6.07) is 13.9. The molecular formula is C22H20FN3O2. The standard InChI is InChI=1S/C22H20FN3O2/c1-3-14-28-18-10-8-17(9-11-18)12-13-24-22(27)19-15-25-26(16(19)2)21-7-5-4-6-20(21)23/h1,4-11,15H,12-14H2,2H3,(H,24,27). The molecule has 0 fully saturated rings. The summed E-state index contributed by atoms with van der Waals surface area (Å²) in [4.78, 5) is 12.5. The Morgan fingerprint density at radius 1 is 1.25 bits per heavy atom. The van der Waals surface area contributed by atoms with Gasteiger partial charge in [0.25, 0.3) is 5.91 Å². The van der Waals surface area contributed by atoms with Crippen LogP contribution in [0.25, 0.3) is 5.69 Å². The number of rotatable bonds is 7. The molecule has 0 saturated carbocycles. The number of benzene rings is 2. The number of carbonyl (C=O) groups excluding carboxylic acids is 1. The summed E-state index contributed by atoms with van der Waals surface area (Å²) >= 11 is 0. The van der Waals surface area contributed by atoms with Crippen LogP contribution in [0, 0.1) is 25.1 Å². The lowest BCUT2D eigenvalue weighted by molar-refractivity contribution is 0.0953. The van der Waals surface area contributed by atoms with Crippen molar-refractivity contribution < 1.29 is 13.9 Å². The van der Waals surface area contributed by atoms with Crippen molar-refractivity contribution >= 4 is 5.91 Å². The van der Waals surface area contributed by atoms with Gasteiger partial charge in [0.1, 0.15) is 23.9 Å². The SMILES string of the molecule is C#CCOc1ccc(CCNC(=O)c2cnn(-c3ccccc3F)c2C)cc1. The van der Waals surface area contributed by atoms with E-state index in [9.17, 15) is 9.18 Å². The van der Waals surface area contributed by atoms with Crippen molar-refractivity contribution in [3.63, 3.8) is 0 Å². The van der Waals surface area contributed by atoms with Crippen molar-refractivity contribution in [3.05, 3.63) is 77.4 Å². The fourth-order valence-electron chi connectivity index (χ4n) is 2.79. The van der Waals surface area contributed by atoms with Crippen LogP contribution in [0.15, 0.2) is 54.7 Å². The molecule has 0 saturated heterocycles. The minimum absolute atomic E-state index is 0.231. The number of hydrogen-bond acceptors (Lipinski definition) is 3. The predicted molar refractivity (Wildman–Crippen MR) is 105 cm³/mol. The van der Waals surface area contributed by atoms with Crippen molar-refractivity contribution in [2.24, 2.45) is 0 Å². The monoisotopic (exact) mass is 377 g/mol. The fraction of sp³-hybridized carbons (Fsp3) is 0.182. The second-order valence-electron chi connectivity index (χ2n) is 6.15. The van der Waals surface area contributed by atoms with Gasteiger partial charge < -0.3 is 10.1 Å². The average Bonchev–Trinajstić information content (AvgIpc) is 3.09. The third kappa shape index (κ3) is 4.38. The van der Waals surface area contributed by atoms with E-state index in [0.717, 1.165) is 5.56 Å². The van der Waals surface area contributed by atoms with Crippen LogP contribution in [-0.4, -0.2) is 28.8 Å². The Morgan fingerprint density at radius 2 is 2.00 bits per heavy atom. The van der Waals surface area contributed by atoms with E-state index in [4.69, 9.17) is 11.2 Å². The number of amides is 1. The van der Waals surface area contributed by atoms with Crippen LogP contribution in [-0.2, 0) is 6.42 Å². The highest BCUT2D eigenvalue weighted by Gasteiger charge is 2.16. The van der Waals surface area contributed by atoms with E-state index in [-0.39, 0.29) is 12.5 Å². The highest BCUT2D eigenvalue weighted by molar-refractivity contribution is 5.95. The zero-order valence-corrected chi connectivity index (χ0v) is 15.5. The lowest BCUT2D eigenvalue weighted by atomic mass is 10.1. The van der Waals surface area contributed by atoms with Crippen molar-refractivity contribution in [1.29, 1.82) is 0 Å². The molecule has 0 unspecified atom stereocenters. The highest BCUT2D eigenvalue weighted by atomic mass is 19.1. The van der Waals surface area contributed by atoms with Crippen molar-refractivity contribution in [1.82, 2.24) is 15.1 Å². The quantitative estimate of drug-likeness (QED) is 0.643. The minimum Gasteiger partial charge on any atom is -0.481 e. The molecule has 1 aromatic heterocycles. The number of carbonyl (C=O) groups is 1. The molecule has 0 bridgehead atoms. The molecule has 0 spiro atoms. The summed E-state index contributed by atoms with van der Waals surface area (Å²) in [5, 5.41) is 7.03. The summed E-state index contributed by atoms with van der Waals surface area (Å²) in [7, 11) is 0. The number of terminal acetylenes is 1. The number of hydrogen-bond donors (Lipinski definition) is 1. The molecule has 0 aliphatic rings. The van der Waals surface area contributed by atoms with Gasteiger partial charge in [-0.05, 0) is 43.2 Å². The van der Waals surface area contributed by atoms with E-state index < -0.39 is 5.82 Å². The first-order valence-electron chi connectivity index (χ1n) is 8.83. The molecule has 0 aliphatic carbocycles. The first-order valence-corrected chi connectivity index (χ1v) is 8.83. The van der Waals surface area contributed by atoms with E-state index in [1.165, 1.54) is 16.9 Å². The maximum Gasteiger partial charge on any atom is 0.254 e. The Balaban J connectivity index is 1.59. The van der Waals surface area contributed by atoms with Crippen LogP contribution in [0.1, 0.15) is 21.6 Å². The zero-order chi connectivity index (χ0) is 19.9. The second kappa shape index (κ2) is 8.87. The van der Waals surface area contributed by atoms with Gasteiger partial charge in [0.15, 0.2) is 0 Å². The van der Waals surface area contributed by atoms with E-state index in [1.807, 2.05) is 24.3 Å². The summed E-state index contributed by atoms with van der Waals surface area (Å²) in [6.07, 6.45) is 7.28. The fourth-order valence-corrected chi connectivity index (χ4v) is 2.79. The number of para-hydroxylation sites is 1. The van der Waals surface area contributed by atoms with Crippen molar-refractivity contribution in [3.8, 4) is 23.8 Å². The number of nitrogens with one attached hydrogen (secondary N) is 1. The summed E-state index contributed by atoms with van der Waals surface area (Å²) in [6.45, 7) is 2.44. The van der Waals surface area contributed by atoms with Gasteiger partial charge in [-0.1, -0.05) is 30.2 Å². The van der Waals surface area contributed by atoms with Crippen LogP contribution in [0.2, 0.25) is 0 Å². The molecule has 1 heterocycles. The van der Waals surface area contributed by atoms with Crippen LogP contribution in [0.3, 0.4) is 0 Å². The number of aromatic nitrogens is 2. The Bertz CT molecular complexity index is 1000. The second-order valence-corrected chi connectivity index (χ2v) is 6.15. The molecule has 0 aliphatic heterocycles. The van der Waals surface area contributed by atoms with E-state index in [0.29, 0.717) is 35.7 Å². The largest absolute Gasteiger partial charge is 0.481 e. The molecule has 0 radical (unpaired) electrons. The molecule has 1 amide bonds. The Morgan fingerprint density at radius 3 is 2.71 bits per heavy atom. The maximum absolute atomic E-state index is 14.0. The molecule has 6 heteroatoms. The van der Waals surface area contributed by atoms with Gasteiger partial charge >= 0.3 is 0 Å². The van der Waals surface area contributed by atoms with Crippen molar-refractivity contribution in [2.45, 2.75) is 13.3 Å². The normalized spacial score (nSPS) is 10.3. The number of nitrogens with zero attached hydrogens (tertiary/aromatic N) is 2. The topological polar surface area (TPSA) is 56.1 Å². The van der Waals surface area contributed by atoms with Crippen LogP contribution in [0.4, 0.5) is 4.39 Å². The van der Waals surface area contributed by atoms with Gasteiger partial charge in [-0.15, -0.1) is 6.42 Å². The van der Waals surface area contributed by atoms with Crippen LogP contribution >= 0.6 is 0 Å². The van der Waals surface area contributed by atoms with Gasteiger partial charge in [0, 0.05) is 6.54 Å². The molecule has 28 heavy (non-hydrogen) atoms. The van der Waals surface area contributed by atoms with Crippen molar-refractivity contribution in [2.75, 3.05) is 13.2 Å². The Hall–Kier alpha value is -3.59. The van der Waals surface area contributed by atoms with Gasteiger partial charge in [-0.2, -0.15) is 5.10 Å². The predicted octanol–water partition coefficient (Wildman–Crippen LogP) is 3.30. The summed E-state index contributed by atoms with van der Waals surface area (Å²) < 4.78 is 20.7. The molecule has 3 aromatic rings. The third-order valence-corrected chi connectivity index (χ3v) is 4.28. The van der Waals surface area contributed by atoms with Gasteiger partial charge in [0.05, 0.1) is 17.5 Å². The van der Waals surface area contributed by atoms with Gasteiger partial charge in [-0.3, -0.25) is 4.79 Å². The number of halogens is 1. The molecule has 2 aromatic carbocycles. The molecule has 1 N–H and O–H groups in total. The Kier molecular flexibility index (Phi) is 6.07. The van der Waals surface area contributed by atoms with Crippen LogP contribution in [0.5, 0.6) is 5.75 Å². The molecule has 5 nitrogen and oxygen atoms in total. The summed E-state index contributed by atoms with van der Waals surface area (Å²) in [5.41, 5.74) is 2.37. The summed E-state index contributed by atoms with van der Waals surface area (Å²) in [5.74, 6) is 2.49. The minimum atomic E-state index is -0.393. The maximum atomic E-state index is 14.0. The van der Waals surface area contributed by atoms with Gasteiger partial charge in [0.2, 0.25) is 0 Å². The lowest BCUT2D eigenvalue weighted by Gasteiger charge is -2.08.